The van der Waals surface area contributed by atoms with Crippen molar-refractivity contribution in [2.45, 2.75) is 24.8 Å². The maximum Gasteiger partial charge on any atom is 0.208 e. The zero-order valence-corrected chi connectivity index (χ0v) is 18.0. The summed E-state index contributed by atoms with van der Waals surface area (Å²) < 4.78 is 0. The first-order valence-corrected chi connectivity index (χ1v) is 11.1. The zero-order valence-electron chi connectivity index (χ0n) is 17.2. The van der Waals surface area contributed by atoms with E-state index in [9.17, 15) is 4.79 Å². The molecule has 0 fully saturated rings. The third-order valence-corrected chi connectivity index (χ3v) is 6.87. The molecule has 0 unspecified atom stereocenters. The van der Waals surface area contributed by atoms with E-state index >= 15 is 0 Å². The van der Waals surface area contributed by atoms with Crippen LogP contribution >= 0.6 is 11.8 Å². The van der Waals surface area contributed by atoms with Gasteiger partial charge in [0, 0.05) is 13.3 Å². The Hall–Kier alpha value is -3.38. The van der Waals surface area contributed by atoms with Gasteiger partial charge in [0.2, 0.25) is 4.99 Å². The minimum Gasteiger partial charge on any atom is -0.292 e. The van der Waals surface area contributed by atoms with Crippen LogP contribution in [0.1, 0.15) is 25.3 Å². The Kier molecular flexibility index (Phi) is 5.08. The molecule has 154 valence electrons. The van der Waals surface area contributed by atoms with Gasteiger partial charge in [-0.2, -0.15) is 10.2 Å². The number of thioether (sulfide) groups is 1. The molecule has 1 atom stereocenters. The average Bonchev–Trinajstić information content (AvgIpc) is 3.21. The summed E-state index contributed by atoms with van der Waals surface area (Å²) in [6, 6.07) is 30.4. The minimum atomic E-state index is -0.651. The van der Waals surface area contributed by atoms with Gasteiger partial charge in [-0.15, -0.1) is 0 Å². The molecule has 2 aliphatic heterocycles. The van der Waals surface area contributed by atoms with Crippen molar-refractivity contribution in [1.82, 2.24) is 0 Å². The van der Waals surface area contributed by atoms with Gasteiger partial charge in [0.1, 0.15) is 0 Å². The van der Waals surface area contributed by atoms with E-state index in [4.69, 9.17) is 10.2 Å². The molecule has 3 aromatic carbocycles. The van der Waals surface area contributed by atoms with Crippen LogP contribution in [0.3, 0.4) is 0 Å². The molecule has 0 N–H and O–H groups in total. The predicted molar refractivity (Wildman–Crippen MR) is 128 cm³/mol. The Morgan fingerprint density at radius 2 is 1.32 bits per heavy atom. The topological polar surface area (TPSA) is 48.3 Å². The second kappa shape index (κ2) is 8.04. The van der Waals surface area contributed by atoms with Crippen LogP contribution < -0.4 is 10.0 Å². The Bertz CT molecular complexity index is 1150. The van der Waals surface area contributed by atoms with E-state index in [1.165, 1.54) is 11.8 Å². The summed E-state index contributed by atoms with van der Waals surface area (Å²) in [5, 5.41) is 14.4. The maximum absolute atomic E-state index is 12.3. The first-order chi connectivity index (χ1) is 15.2. The number of rotatable bonds is 4. The van der Waals surface area contributed by atoms with Crippen molar-refractivity contribution in [3.8, 4) is 0 Å². The first kappa shape index (κ1) is 19.6. The number of anilines is 2. The molecule has 0 saturated carbocycles. The third-order valence-electron chi connectivity index (χ3n) is 5.43. The highest BCUT2D eigenvalue weighted by Gasteiger charge is 2.52. The molecule has 0 aliphatic carbocycles. The third kappa shape index (κ3) is 3.53. The number of carbonyl (C=O) groups is 1. The van der Waals surface area contributed by atoms with Crippen LogP contribution in [0.5, 0.6) is 0 Å². The Labute approximate surface area is 186 Å². The number of carbonyl (C=O) groups excluding carboxylic acids is 1. The number of Topliss-reactive ketones (excluding diaryl/α,β-unsaturated/α-hetero) is 1. The molecule has 6 heteroatoms. The molecule has 1 spiro atoms. The Morgan fingerprint density at radius 3 is 1.87 bits per heavy atom. The van der Waals surface area contributed by atoms with Crippen LogP contribution in [-0.2, 0) is 4.79 Å². The van der Waals surface area contributed by atoms with E-state index in [1.54, 1.807) is 6.92 Å². The molecular formula is C25H22N4OS. The van der Waals surface area contributed by atoms with Gasteiger partial charge in [-0.05, 0) is 48.0 Å². The van der Waals surface area contributed by atoms with Crippen LogP contribution in [0.2, 0.25) is 0 Å². The van der Waals surface area contributed by atoms with E-state index in [1.807, 2.05) is 76.7 Å². The van der Waals surface area contributed by atoms with Gasteiger partial charge in [-0.25, -0.2) is 10.0 Å². The quantitative estimate of drug-likeness (QED) is 0.553. The van der Waals surface area contributed by atoms with Crippen LogP contribution in [0.15, 0.2) is 101 Å². The lowest BCUT2D eigenvalue weighted by Gasteiger charge is -2.46. The summed E-state index contributed by atoms with van der Waals surface area (Å²) in [7, 11) is 0. The van der Waals surface area contributed by atoms with Gasteiger partial charge in [0.15, 0.2) is 10.8 Å². The molecule has 0 saturated heterocycles. The average molecular weight is 427 g/mol. The summed E-state index contributed by atoms with van der Waals surface area (Å²) in [5.41, 5.74) is 4.04. The largest absolute Gasteiger partial charge is 0.292 e. The number of nitrogens with zero attached hydrogens (tertiary/aromatic N) is 4. The highest BCUT2D eigenvalue weighted by atomic mass is 32.2. The standard InChI is InChI=1S/C25H22N4OS/c1-19(30)24-27-29(22-15-9-4-10-16-22)25(31-24)18-17-23(20-11-5-2-6-12-20)26-28(25)21-13-7-3-8-14-21/h2-16H,17-18H2,1H3/t25-/m1/s1. The van der Waals surface area contributed by atoms with E-state index in [0.717, 1.165) is 35.5 Å². The maximum atomic E-state index is 12.3. The van der Waals surface area contributed by atoms with E-state index in [2.05, 4.69) is 24.3 Å². The van der Waals surface area contributed by atoms with E-state index in [0.29, 0.717) is 5.04 Å². The first-order valence-electron chi connectivity index (χ1n) is 10.3. The highest BCUT2D eigenvalue weighted by Crippen LogP contribution is 2.50. The molecule has 0 bridgehead atoms. The molecule has 2 heterocycles. The number of hydrazone groups is 2. The Balaban J connectivity index is 1.67. The van der Waals surface area contributed by atoms with Gasteiger partial charge >= 0.3 is 0 Å². The fourth-order valence-electron chi connectivity index (χ4n) is 3.95. The lowest BCUT2D eigenvalue weighted by atomic mass is 10.0. The van der Waals surface area contributed by atoms with Gasteiger partial charge in [0.05, 0.1) is 17.1 Å². The molecule has 5 rings (SSSR count). The molecular weight excluding hydrogens is 404 g/mol. The van der Waals surface area contributed by atoms with Crippen LogP contribution in [-0.4, -0.2) is 21.5 Å². The molecule has 31 heavy (non-hydrogen) atoms. The molecule has 5 nitrogen and oxygen atoms in total. The smallest absolute Gasteiger partial charge is 0.208 e. The number of benzene rings is 3. The summed E-state index contributed by atoms with van der Waals surface area (Å²) >= 11 is 1.49. The lowest BCUT2D eigenvalue weighted by Crippen LogP contribution is -2.56. The minimum absolute atomic E-state index is 0.0337. The van der Waals surface area contributed by atoms with E-state index in [-0.39, 0.29) is 5.78 Å². The summed E-state index contributed by atoms with van der Waals surface area (Å²) in [6.45, 7) is 1.57. The van der Waals surface area contributed by atoms with Crippen molar-refractivity contribution >= 4 is 39.7 Å². The molecule has 0 radical (unpaired) electrons. The molecule has 2 aliphatic rings. The van der Waals surface area contributed by atoms with Crippen molar-refractivity contribution in [3.63, 3.8) is 0 Å². The van der Waals surface area contributed by atoms with E-state index < -0.39 is 4.99 Å². The summed E-state index contributed by atoms with van der Waals surface area (Å²) in [6.07, 6.45) is 1.54. The normalized spacial score (nSPS) is 20.5. The monoisotopic (exact) mass is 426 g/mol. The number of hydrogen-bond acceptors (Lipinski definition) is 6. The highest BCUT2D eigenvalue weighted by molar-refractivity contribution is 8.17. The lowest BCUT2D eigenvalue weighted by molar-refractivity contribution is -0.110. The van der Waals surface area contributed by atoms with Crippen LogP contribution in [0, 0.1) is 0 Å². The van der Waals surface area contributed by atoms with Crippen molar-refractivity contribution in [1.29, 1.82) is 0 Å². The van der Waals surface area contributed by atoms with Crippen molar-refractivity contribution < 1.29 is 4.79 Å². The summed E-state index contributed by atoms with van der Waals surface area (Å²) in [5.74, 6) is -0.0337. The van der Waals surface area contributed by atoms with Gasteiger partial charge in [0.25, 0.3) is 0 Å². The van der Waals surface area contributed by atoms with Crippen molar-refractivity contribution in [2.75, 3.05) is 10.0 Å². The molecule has 3 aromatic rings. The summed E-state index contributed by atoms with van der Waals surface area (Å²) in [4.78, 5) is 11.7. The van der Waals surface area contributed by atoms with Gasteiger partial charge in [-0.3, -0.25) is 4.79 Å². The van der Waals surface area contributed by atoms with Crippen LogP contribution in [0.4, 0.5) is 11.4 Å². The zero-order chi connectivity index (χ0) is 21.3. The number of ketones is 1. The van der Waals surface area contributed by atoms with Crippen LogP contribution in [0.25, 0.3) is 0 Å². The van der Waals surface area contributed by atoms with Crippen molar-refractivity contribution in [2.24, 2.45) is 10.2 Å². The number of para-hydroxylation sites is 2. The second-order valence-electron chi connectivity index (χ2n) is 7.51. The second-order valence-corrected chi connectivity index (χ2v) is 8.76. The van der Waals surface area contributed by atoms with Crippen molar-refractivity contribution in [3.05, 3.63) is 96.6 Å². The predicted octanol–water partition coefficient (Wildman–Crippen LogP) is 5.50. The fraction of sp³-hybridized carbons (Fsp3) is 0.160. The SMILES string of the molecule is CC(=O)C1=NN(c2ccccc2)[C@]2(CCC(c3ccccc3)=NN2c2ccccc2)S1. The van der Waals surface area contributed by atoms with Gasteiger partial charge < -0.3 is 0 Å². The fourth-order valence-corrected chi connectivity index (χ4v) is 5.19. The molecule has 0 aromatic heterocycles. The van der Waals surface area contributed by atoms with Gasteiger partial charge in [-0.1, -0.05) is 66.7 Å². The molecule has 0 amide bonds. The number of hydrogen-bond donors (Lipinski definition) is 0. The Morgan fingerprint density at radius 1 is 0.806 bits per heavy atom.